The van der Waals surface area contributed by atoms with E-state index < -0.39 is 0 Å². The fourth-order valence-corrected chi connectivity index (χ4v) is 1.14. The van der Waals surface area contributed by atoms with Gasteiger partial charge in [-0.2, -0.15) is 0 Å². The fourth-order valence-electron chi connectivity index (χ4n) is 0.960. The van der Waals surface area contributed by atoms with Gasteiger partial charge in [0.1, 0.15) is 0 Å². The largest absolute Gasteiger partial charge is 0.392 e. The lowest BCUT2D eigenvalue weighted by Crippen LogP contribution is -2.08. The summed E-state index contributed by atoms with van der Waals surface area (Å²) in [6, 6.07) is 5.59. The van der Waals surface area contributed by atoms with Crippen LogP contribution >= 0.6 is 11.6 Å². The fraction of sp³-hybridized carbons (Fsp3) is 0.333. The van der Waals surface area contributed by atoms with Crippen molar-refractivity contribution in [2.24, 2.45) is 0 Å². The van der Waals surface area contributed by atoms with E-state index in [1.54, 1.807) is 6.07 Å². The van der Waals surface area contributed by atoms with E-state index in [9.17, 15) is 0 Å². The first-order valence-corrected chi connectivity index (χ1v) is 4.09. The third-order valence-corrected chi connectivity index (χ3v) is 2.08. The molecule has 1 aromatic rings. The molecule has 1 rings (SSSR count). The first-order valence-electron chi connectivity index (χ1n) is 3.71. The molecule has 12 heavy (non-hydrogen) atoms. The summed E-state index contributed by atoms with van der Waals surface area (Å²) in [6.07, 6.45) is 0. The molecule has 0 fully saturated rings. The smallest absolute Gasteiger partial charge is 0.0697 e. The summed E-state index contributed by atoms with van der Waals surface area (Å²) < 4.78 is 0. The van der Waals surface area contributed by atoms with E-state index >= 15 is 0 Å². The maximum atomic E-state index is 8.92. The van der Waals surface area contributed by atoms with Crippen molar-refractivity contribution in [1.29, 1.82) is 0 Å². The molecule has 0 spiro atoms. The number of rotatable bonds is 2. The topological polar surface area (TPSA) is 23.5 Å². The predicted octanol–water partition coefficient (Wildman–Crippen LogP) is 1.90. The Labute approximate surface area is 77.4 Å². The highest BCUT2D eigenvalue weighted by molar-refractivity contribution is 6.31. The summed E-state index contributed by atoms with van der Waals surface area (Å²) in [6.45, 7) is -0.0134. The van der Waals surface area contributed by atoms with E-state index in [0.717, 1.165) is 11.3 Å². The normalized spacial score (nSPS) is 10.0. The summed E-state index contributed by atoms with van der Waals surface area (Å²) in [5, 5.41) is 9.54. The highest BCUT2D eigenvalue weighted by Crippen LogP contribution is 2.21. The summed E-state index contributed by atoms with van der Waals surface area (Å²) in [7, 11) is 3.90. The second-order valence-electron chi connectivity index (χ2n) is 2.83. The first-order chi connectivity index (χ1) is 5.65. The quantitative estimate of drug-likeness (QED) is 0.761. The molecule has 3 heteroatoms. The Balaban J connectivity index is 3.05. The van der Waals surface area contributed by atoms with E-state index in [0.29, 0.717) is 5.02 Å². The number of hydrogen-bond donors (Lipinski definition) is 1. The van der Waals surface area contributed by atoms with Crippen LogP contribution in [0.4, 0.5) is 5.69 Å². The second-order valence-corrected chi connectivity index (χ2v) is 3.24. The lowest BCUT2D eigenvalue weighted by Gasteiger charge is -2.13. The molecule has 0 saturated heterocycles. The van der Waals surface area contributed by atoms with Crippen LogP contribution < -0.4 is 4.90 Å². The van der Waals surface area contributed by atoms with Gasteiger partial charge in [-0.1, -0.05) is 11.6 Å². The Morgan fingerprint density at radius 1 is 1.42 bits per heavy atom. The molecule has 0 atom stereocenters. The van der Waals surface area contributed by atoms with Gasteiger partial charge >= 0.3 is 0 Å². The zero-order chi connectivity index (χ0) is 9.14. The van der Waals surface area contributed by atoms with Crippen molar-refractivity contribution >= 4 is 17.3 Å². The number of benzene rings is 1. The average Bonchev–Trinajstić information content (AvgIpc) is 2.05. The van der Waals surface area contributed by atoms with E-state index in [1.807, 2.05) is 31.1 Å². The van der Waals surface area contributed by atoms with Crippen LogP contribution in [0, 0.1) is 0 Å². The molecule has 0 unspecified atom stereocenters. The number of hydrogen-bond acceptors (Lipinski definition) is 2. The molecule has 0 aliphatic rings. The van der Waals surface area contributed by atoms with E-state index in [4.69, 9.17) is 16.7 Å². The van der Waals surface area contributed by atoms with Gasteiger partial charge in [0, 0.05) is 24.8 Å². The highest BCUT2D eigenvalue weighted by Gasteiger charge is 2.01. The molecule has 0 saturated carbocycles. The molecule has 0 aromatic heterocycles. The van der Waals surface area contributed by atoms with Crippen LogP contribution in [0.15, 0.2) is 18.2 Å². The van der Waals surface area contributed by atoms with Gasteiger partial charge in [0.2, 0.25) is 0 Å². The number of aliphatic hydroxyl groups is 1. The molecule has 66 valence electrons. The summed E-state index contributed by atoms with van der Waals surface area (Å²) >= 11 is 5.82. The van der Waals surface area contributed by atoms with Crippen LogP contribution in [0.2, 0.25) is 5.02 Å². The van der Waals surface area contributed by atoms with Crippen LogP contribution in [0.3, 0.4) is 0 Å². The Morgan fingerprint density at radius 2 is 2.08 bits per heavy atom. The summed E-state index contributed by atoms with van der Waals surface area (Å²) in [5.41, 5.74) is 1.81. The average molecular weight is 186 g/mol. The van der Waals surface area contributed by atoms with Crippen LogP contribution in [0.1, 0.15) is 5.56 Å². The lowest BCUT2D eigenvalue weighted by atomic mass is 10.2. The minimum atomic E-state index is -0.0134. The Bertz CT molecular complexity index is 273. The SMILES string of the molecule is CN(C)c1ccc(Cl)c(CO)c1. The monoisotopic (exact) mass is 185 g/mol. The number of nitrogens with zero attached hydrogens (tertiary/aromatic N) is 1. The molecule has 0 heterocycles. The lowest BCUT2D eigenvalue weighted by molar-refractivity contribution is 0.282. The maximum Gasteiger partial charge on any atom is 0.0697 e. The minimum absolute atomic E-state index is 0.0134. The number of aliphatic hydroxyl groups excluding tert-OH is 1. The zero-order valence-corrected chi connectivity index (χ0v) is 7.97. The Morgan fingerprint density at radius 3 is 2.58 bits per heavy atom. The minimum Gasteiger partial charge on any atom is -0.392 e. The van der Waals surface area contributed by atoms with Crippen molar-refractivity contribution in [2.75, 3.05) is 19.0 Å². The van der Waals surface area contributed by atoms with Crippen LogP contribution in [-0.2, 0) is 6.61 Å². The van der Waals surface area contributed by atoms with Gasteiger partial charge in [-0.3, -0.25) is 0 Å². The van der Waals surface area contributed by atoms with E-state index in [-0.39, 0.29) is 6.61 Å². The highest BCUT2D eigenvalue weighted by atomic mass is 35.5. The van der Waals surface area contributed by atoms with Gasteiger partial charge in [-0.25, -0.2) is 0 Å². The zero-order valence-electron chi connectivity index (χ0n) is 7.21. The second kappa shape index (κ2) is 3.78. The van der Waals surface area contributed by atoms with Crippen molar-refractivity contribution in [3.05, 3.63) is 28.8 Å². The first kappa shape index (κ1) is 9.36. The van der Waals surface area contributed by atoms with Gasteiger partial charge in [0.05, 0.1) is 6.61 Å². The van der Waals surface area contributed by atoms with Crippen molar-refractivity contribution in [3.63, 3.8) is 0 Å². The number of halogens is 1. The van der Waals surface area contributed by atoms with E-state index in [2.05, 4.69) is 0 Å². The van der Waals surface area contributed by atoms with Crippen LogP contribution in [0.5, 0.6) is 0 Å². The third-order valence-electron chi connectivity index (χ3n) is 1.72. The third kappa shape index (κ3) is 1.90. The van der Waals surface area contributed by atoms with Crippen molar-refractivity contribution in [2.45, 2.75) is 6.61 Å². The maximum absolute atomic E-state index is 8.92. The molecule has 1 aromatic carbocycles. The van der Waals surface area contributed by atoms with Gasteiger partial charge in [-0.05, 0) is 23.8 Å². The van der Waals surface area contributed by atoms with Gasteiger partial charge < -0.3 is 10.0 Å². The van der Waals surface area contributed by atoms with Crippen molar-refractivity contribution < 1.29 is 5.11 Å². The Hall–Kier alpha value is -0.730. The standard InChI is InChI=1S/C9H12ClNO/c1-11(2)8-3-4-9(10)7(5-8)6-12/h3-5,12H,6H2,1-2H3. The molecule has 0 aliphatic carbocycles. The molecular formula is C9H12ClNO. The molecule has 1 N–H and O–H groups in total. The van der Waals surface area contributed by atoms with Gasteiger partial charge in [0.15, 0.2) is 0 Å². The molecule has 0 bridgehead atoms. The van der Waals surface area contributed by atoms with Crippen molar-refractivity contribution in [1.82, 2.24) is 0 Å². The van der Waals surface area contributed by atoms with Crippen LogP contribution in [0.25, 0.3) is 0 Å². The molecule has 0 aliphatic heterocycles. The van der Waals surface area contributed by atoms with Gasteiger partial charge in [0.25, 0.3) is 0 Å². The van der Waals surface area contributed by atoms with Crippen LogP contribution in [-0.4, -0.2) is 19.2 Å². The predicted molar refractivity (Wildman–Crippen MR) is 51.7 cm³/mol. The summed E-state index contributed by atoms with van der Waals surface area (Å²) in [4.78, 5) is 1.97. The number of anilines is 1. The molecule has 2 nitrogen and oxygen atoms in total. The molecule has 0 radical (unpaired) electrons. The van der Waals surface area contributed by atoms with E-state index in [1.165, 1.54) is 0 Å². The summed E-state index contributed by atoms with van der Waals surface area (Å²) in [5.74, 6) is 0. The molecule has 0 amide bonds. The Kier molecular flexibility index (Phi) is 2.95. The molecular weight excluding hydrogens is 174 g/mol. The van der Waals surface area contributed by atoms with Crippen molar-refractivity contribution in [3.8, 4) is 0 Å². The van der Waals surface area contributed by atoms with Gasteiger partial charge in [-0.15, -0.1) is 0 Å².